The number of oxazole rings is 1. The van der Waals surface area contributed by atoms with Crippen molar-refractivity contribution in [3.8, 4) is 17.5 Å². The molecular formula is C20H19FN4O2S. The van der Waals surface area contributed by atoms with Gasteiger partial charge in [-0.05, 0) is 29.6 Å². The first-order chi connectivity index (χ1) is 13.7. The van der Waals surface area contributed by atoms with Crippen LogP contribution in [0.4, 0.5) is 10.3 Å². The molecule has 0 saturated carbocycles. The molecule has 28 heavy (non-hydrogen) atoms. The standard InChI is InChI=1S/C20H19FN4O2S/c21-15-4-1-3-14(11-15)19-24-16(12-22)20(27-19)23-13-17(18-5-2-10-28-18)25-6-8-26-9-7-25/h1-5,10-11,17,23H,6-9,13H2/t17-/m0/s1. The van der Waals surface area contributed by atoms with E-state index in [1.54, 1.807) is 23.5 Å². The zero-order valence-corrected chi connectivity index (χ0v) is 15.9. The number of thiophene rings is 1. The molecule has 2 aromatic heterocycles. The van der Waals surface area contributed by atoms with Crippen molar-refractivity contribution in [1.29, 1.82) is 5.26 Å². The molecule has 1 aliphatic rings. The molecule has 1 aliphatic heterocycles. The van der Waals surface area contributed by atoms with Gasteiger partial charge in [0.25, 0.3) is 0 Å². The average Bonchev–Trinajstić information content (AvgIpc) is 3.39. The van der Waals surface area contributed by atoms with Crippen LogP contribution < -0.4 is 5.32 Å². The van der Waals surface area contributed by atoms with Gasteiger partial charge in [-0.25, -0.2) is 4.39 Å². The fourth-order valence-corrected chi connectivity index (χ4v) is 4.09. The second-order valence-electron chi connectivity index (χ2n) is 6.38. The zero-order chi connectivity index (χ0) is 19.3. The van der Waals surface area contributed by atoms with E-state index in [4.69, 9.17) is 9.15 Å². The zero-order valence-electron chi connectivity index (χ0n) is 15.1. The summed E-state index contributed by atoms with van der Waals surface area (Å²) in [5, 5.41) is 14.7. The molecule has 1 atom stereocenters. The number of nitrogens with one attached hydrogen (secondary N) is 1. The number of hydrogen-bond acceptors (Lipinski definition) is 7. The minimum Gasteiger partial charge on any atom is -0.419 e. The number of rotatable bonds is 6. The second-order valence-corrected chi connectivity index (χ2v) is 7.36. The van der Waals surface area contributed by atoms with Crippen LogP contribution in [0.1, 0.15) is 16.6 Å². The van der Waals surface area contributed by atoms with Crippen molar-refractivity contribution >= 4 is 17.2 Å². The number of benzene rings is 1. The fraction of sp³-hybridized carbons (Fsp3) is 0.300. The van der Waals surface area contributed by atoms with Crippen LogP contribution in [0.3, 0.4) is 0 Å². The summed E-state index contributed by atoms with van der Waals surface area (Å²) in [5.74, 6) is 0.142. The van der Waals surface area contributed by atoms with E-state index in [-0.39, 0.29) is 23.4 Å². The monoisotopic (exact) mass is 398 g/mol. The molecule has 0 unspecified atom stereocenters. The predicted octanol–water partition coefficient (Wildman–Crippen LogP) is 3.90. The van der Waals surface area contributed by atoms with Crippen LogP contribution in [0.25, 0.3) is 11.5 Å². The fourth-order valence-electron chi connectivity index (χ4n) is 3.23. The Morgan fingerprint density at radius 3 is 2.86 bits per heavy atom. The molecule has 0 amide bonds. The molecule has 3 aromatic rings. The first-order valence-corrected chi connectivity index (χ1v) is 9.88. The number of aromatic nitrogens is 1. The van der Waals surface area contributed by atoms with Crippen molar-refractivity contribution < 1.29 is 13.5 Å². The van der Waals surface area contributed by atoms with Crippen LogP contribution >= 0.6 is 11.3 Å². The first-order valence-electron chi connectivity index (χ1n) is 9.00. The summed E-state index contributed by atoms with van der Waals surface area (Å²) in [7, 11) is 0. The van der Waals surface area contributed by atoms with E-state index >= 15 is 0 Å². The number of nitrogens with zero attached hydrogens (tertiary/aromatic N) is 3. The molecule has 1 fully saturated rings. The summed E-state index contributed by atoms with van der Waals surface area (Å²) in [6.45, 7) is 3.67. The summed E-state index contributed by atoms with van der Waals surface area (Å²) in [6.07, 6.45) is 0. The maximum Gasteiger partial charge on any atom is 0.232 e. The van der Waals surface area contributed by atoms with E-state index in [2.05, 4.69) is 26.6 Å². The molecule has 1 aromatic carbocycles. The third kappa shape index (κ3) is 4.07. The topological polar surface area (TPSA) is 74.3 Å². The largest absolute Gasteiger partial charge is 0.419 e. The van der Waals surface area contributed by atoms with E-state index in [9.17, 15) is 9.65 Å². The Kier molecular flexibility index (Phi) is 5.67. The molecule has 8 heteroatoms. The van der Waals surface area contributed by atoms with Crippen molar-refractivity contribution in [1.82, 2.24) is 9.88 Å². The van der Waals surface area contributed by atoms with E-state index in [0.717, 1.165) is 13.1 Å². The first kappa shape index (κ1) is 18.6. The molecule has 144 valence electrons. The third-order valence-corrected chi connectivity index (χ3v) is 5.59. The maximum atomic E-state index is 13.5. The van der Waals surface area contributed by atoms with Crippen LogP contribution in [-0.4, -0.2) is 42.7 Å². The Labute approximate surface area is 166 Å². The molecule has 0 bridgehead atoms. The molecule has 0 radical (unpaired) electrons. The van der Waals surface area contributed by atoms with Gasteiger partial charge in [-0.15, -0.1) is 11.3 Å². The summed E-state index contributed by atoms with van der Waals surface area (Å²) in [4.78, 5) is 7.80. The van der Waals surface area contributed by atoms with Gasteiger partial charge in [0.1, 0.15) is 11.9 Å². The van der Waals surface area contributed by atoms with Gasteiger partial charge in [0.05, 0.1) is 19.3 Å². The number of nitriles is 1. The number of morpholine rings is 1. The maximum absolute atomic E-state index is 13.5. The van der Waals surface area contributed by atoms with Crippen LogP contribution in [0.5, 0.6) is 0 Å². The summed E-state index contributed by atoms with van der Waals surface area (Å²) in [6, 6.07) is 12.3. The van der Waals surface area contributed by atoms with Crippen molar-refractivity contribution in [3.05, 3.63) is 58.2 Å². The Bertz CT molecular complexity index is 961. The second kappa shape index (κ2) is 8.52. The van der Waals surface area contributed by atoms with Crippen LogP contribution in [0.15, 0.2) is 46.2 Å². The van der Waals surface area contributed by atoms with Crippen LogP contribution in [0, 0.1) is 17.1 Å². The lowest BCUT2D eigenvalue weighted by Gasteiger charge is -2.34. The van der Waals surface area contributed by atoms with Crippen molar-refractivity contribution in [2.75, 3.05) is 38.2 Å². The molecule has 6 nitrogen and oxygen atoms in total. The normalized spacial score (nSPS) is 15.9. The van der Waals surface area contributed by atoms with Crippen molar-refractivity contribution in [2.45, 2.75) is 6.04 Å². The van der Waals surface area contributed by atoms with Gasteiger partial charge in [-0.3, -0.25) is 4.90 Å². The Morgan fingerprint density at radius 2 is 2.14 bits per heavy atom. The average molecular weight is 398 g/mol. The highest BCUT2D eigenvalue weighted by atomic mass is 32.1. The Morgan fingerprint density at radius 1 is 1.29 bits per heavy atom. The Hall–Kier alpha value is -2.73. The van der Waals surface area contributed by atoms with Crippen LogP contribution in [0.2, 0.25) is 0 Å². The van der Waals surface area contributed by atoms with Gasteiger partial charge in [-0.2, -0.15) is 10.2 Å². The van der Waals surface area contributed by atoms with E-state index in [1.807, 2.05) is 12.1 Å². The quantitative estimate of drug-likeness (QED) is 0.679. The predicted molar refractivity (Wildman–Crippen MR) is 105 cm³/mol. The number of ether oxygens (including phenoxy) is 1. The molecule has 3 heterocycles. The highest BCUT2D eigenvalue weighted by Gasteiger charge is 2.24. The molecule has 1 N–H and O–H groups in total. The smallest absolute Gasteiger partial charge is 0.232 e. The van der Waals surface area contributed by atoms with Crippen LogP contribution in [-0.2, 0) is 4.74 Å². The minimum atomic E-state index is -0.381. The summed E-state index contributed by atoms with van der Waals surface area (Å²) in [5.41, 5.74) is 0.652. The molecule has 0 spiro atoms. The van der Waals surface area contributed by atoms with E-state index in [1.165, 1.54) is 17.0 Å². The number of hydrogen-bond donors (Lipinski definition) is 1. The van der Waals surface area contributed by atoms with E-state index in [0.29, 0.717) is 31.2 Å². The lowest BCUT2D eigenvalue weighted by Crippen LogP contribution is -2.41. The lowest BCUT2D eigenvalue weighted by atomic mass is 10.2. The summed E-state index contributed by atoms with van der Waals surface area (Å²) >= 11 is 1.70. The van der Waals surface area contributed by atoms with Gasteiger partial charge < -0.3 is 14.5 Å². The molecule has 4 rings (SSSR count). The molecule has 0 aliphatic carbocycles. The molecule has 1 saturated heterocycles. The molecular weight excluding hydrogens is 379 g/mol. The van der Waals surface area contributed by atoms with E-state index < -0.39 is 0 Å². The van der Waals surface area contributed by atoms with Crippen molar-refractivity contribution in [3.63, 3.8) is 0 Å². The van der Waals surface area contributed by atoms with Gasteiger partial charge in [0, 0.05) is 30.1 Å². The lowest BCUT2D eigenvalue weighted by molar-refractivity contribution is 0.0193. The highest BCUT2D eigenvalue weighted by Crippen LogP contribution is 2.29. The van der Waals surface area contributed by atoms with Gasteiger partial charge in [0.2, 0.25) is 17.5 Å². The number of halogens is 1. The van der Waals surface area contributed by atoms with Crippen molar-refractivity contribution in [2.24, 2.45) is 0 Å². The number of anilines is 1. The third-order valence-electron chi connectivity index (χ3n) is 4.62. The minimum absolute atomic E-state index is 0.137. The highest BCUT2D eigenvalue weighted by molar-refractivity contribution is 7.10. The van der Waals surface area contributed by atoms with Gasteiger partial charge in [0.15, 0.2) is 0 Å². The SMILES string of the molecule is N#Cc1nc(-c2cccc(F)c2)oc1NC[C@@H](c1cccs1)N1CCOCC1. The van der Waals surface area contributed by atoms with Gasteiger partial charge in [-0.1, -0.05) is 12.1 Å². The Balaban J connectivity index is 1.55. The van der Waals surface area contributed by atoms with Gasteiger partial charge >= 0.3 is 0 Å². The summed E-state index contributed by atoms with van der Waals surface area (Å²) < 4.78 is 24.7.